The fraction of sp³-hybridized carbons (Fsp3) is 0.300. The zero-order chi connectivity index (χ0) is 18.1. The number of nitrogens with zero attached hydrogens (tertiary/aromatic N) is 2. The molecule has 0 saturated carbocycles. The van der Waals surface area contributed by atoms with Gasteiger partial charge in [-0.3, -0.25) is 9.36 Å². The lowest BCUT2D eigenvalue weighted by Gasteiger charge is -2.28. The van der Waals surface area contributed by atoms with Crippen molar-refractivity contribution in [3.05, 3.63) is 64.6 Å². The van der Waals surface area contributed by atoms with Crippen LogP contribution in [-0.4, -0.2) is 37.8 Å². The lowest BCUT2D eigenvalue weighted by Crippen LogP contribution is -2.41. The number of piperidine rings is 1. The van der Waals surface area contributed by atoms with Crippen LogP contribution in [0.3, 0.4) is 0 Å². The average Bonchev–Trinajstić information content (AvgIpc) is 2.69. The van der Waals surface area contributed by atoms with Gasteiger partial charge in [0.15, 0.2) is 5.65 Å². The molecular formula is C20H23N3O4. The summed E-state index contributed by atoms with van der Waals surface area (Å²) in [5.74, 6) is -0.190. The second kappa shape index (κ2) is 7.87. The van der Waals surface area contributed by atoms with E-state index in [9.17, 15) is 15.0 Å². The molecule has 0 aliphatic carbocycles. The number of aliphatic hydroxyl groups is 1. The number of fused-ring (bicyclic) bond motifs is 1. The zero-order valence-corrected chi connectivity index (χ0v) is 14.8. The molecule has 0 radical (unpaired) electrons. The minimum Gasteiger partial charge on any atom is -0.507 e. The maximum Gasteiger partial charge on any atom is 0.266 e. The Morgan fingerprint density at radius 2 is 1.93 bits per heavy atom. The standard InChI is InChI=1S/C20H21N3O3.H2O/c24-17-14-9-6-12-22-19(14)23(13-7-2-1-3-8-13)20(26)16(17)18(25)15-10-4-5-11-21-15;/h1-3,6-9,12,15,18,21,24-25H,4-5,10-11H2;1H2. The fourth-order valence-electron chi connectivity index (χ4n) is 3.66. The van der Waals surface area contributed by atoms with Crippen LogP contribution in [0.25, 0.3) is 16.7 Å². The van der Waals surface area contributed by atoms with Crippen LogP contribution >= 0.6 is 0 Å². The summed E-state index contributed by atoms with van der Waals surface area (Å²) >= 11 is 0. The highest BCUT2D eigenvalue weighted by Gasteiger charge is 2.30. The molecule has 5 N–H and O–H groups in total. The number of aromatic nitrogens is 2. The molecule has 0 bridgehead atoms. The summed E-state index contributed by atoms with van der Waals surface area (Å²) in [6.07, 6.45) is 3.29. The largest absolute Gasteiger partial charge is 0.507 e. The fourth-order valence-corrected chi connectivity index (χ4v) is 3.66. The van der Waals surface area contributed by atoms with Gasteiger partial charge >= 0.3 is 0 Å². The number of benzene rings is 1. The quantitative estimate of drug-likeness (QED) is 0.645. The first-order valence-corrected chi connectivity index (χ1v) is 8.88. The number of nitrogens with one attached hydrogen (secondary N) is 1. The van der Waals surface area contributed by atoms with E-state index in [4.69, 9.17) is 0 Å². The summed E-state index contributed by atoms with van der Waals surface area (Å²) in [7, 11) is 0. The lowest BCUT2D eigenvalue weighted by molar-refractivity contribution is 0.110. The van der Waals surface area contributed by atoms with E-state index in [1.54, 1.807) is 18.3 Å². The normalized spacial score (nSPS) is 18.0. The molecule has 7 nitrogen and oxygen atoms in total. The third kappa shape index (κ3) is 3.32. The highest BCUT2D eigenvalue weighted by atomic mass is 16.3. The van der Waals surface area contributed by atoms with Crippen molar-refractivity contribution in [3.8, 4) is 11.4 Å². The highest BCUT2D eigenvalue weighted by Crippen LogP contribution is 2.33. The van der Waals surface area contributed by atoms with Crippen LogP contribution in [0.15, 0.2) is 53.5 Å². The summed E-state index contributed by atoms with van der Waals surface area (Å²) in [5, 5.41) is 25.3. The van der Waals surface area contributed by atoms with Crippen LogP contribution in [0.5, 0.6) is 5.75 Å². The Hall–Kier alpha value is -2.74. The first-order valence-electron chi connectivity index (χ1n) is 8.88. The van der Waals surface area contributed by atoms with Crippen molar-refractivity contribution in [2.45, 2.75) is 31.4 Å². The number of hydrogen-bond donors (Lipinski definition) is 3. The number of pyridine rings is 2. The van der Waals surface area contributed by atoms with Gasteiger partial charge in [0.05, 0.1) is 16.6 Å². The first kappa shape index (κ1) is 19.0. The smallest absolute Gasteiger partial charge is 0.266 e. The SMILES string of the molecule is O.O=c1c(C(O)C2CCCCN2)c(O)c2cccnc2n1-c1ccccc1. The number of aromatic hydroxyl groups is 1. The Labute approximate surface area is 156 Å². The monoisotopic (exact) mass is 369 g/mol. The maximum atomic E-state index is 13.3. The maximum absolute atomic E-state index is 13.3. The van der Waals surface area contributed by atoms with Gasteiger partial charge in [0.25, 0.3) is 5.56 Å². The van der Waals surface area contributed by atoms with E-state index in [2.05, 4.69) is 10.3 Å². The van der Waals surface area contributed by atoms with Gasteiger partial charge < -0.3 is 21.0 Å². The number of rotatable bonds is 3. The molecule has 1 fully saturated rings. The van der Waals surface area contributed by atoms with E-state index in [1.807, 2.05) is 30.3 Å². The second-order valence-corrected chi connectivity index (χ2v) is 6.61. The van der Waals surface area contributed by atoms with E-state index >= 15 is 0 Å². The topological polar surface area (TPSA) is 119 Å². The van der Waals surface area contributed by atoms with Crippen molar-refractivity contribution in [1.82, 2.24) is 14.9 Å². The van der Waals surface area contributed by atoms with Crippen LogP contribution < -0.4 is 10.9 Å². The molecule has 1 aliphatic rings. The van der Waals surface area contributed by atoms with Crippen LogP contribution in [-0.2, 0) is 0 Å². The molecule has 7 heteroatoms. The molecule has 4 rings (SSSR count). The summed E-state index contributed by atoms with van der Waals surface area (Å²) in [5.41, 5.74) is 0.591. The van der Waals surface area contributed by atoms with Crippen LogP contribution in [0, 0.1) is 0 Å². The van der Waals surface area contributed by atoms with Gasteiger partial charge in [-0.2, -0.15) is 0 Å². The molecule has 0 amide bonds. The first-order chi connectivity index (χ1) is 12.7. The predicted octanol–water partition coefficient (Wildman–Crippen LogP) is 1.44. The highest BCUT2D eigenvalue weighted by molar-refractivity contribution is 5.84. The Bertz CT molecular complexity index is 982. The third-order valence-electron chi connectivity index (χ3n) is 4.98. The number of aliphatic hydroxyl groups excluding tert-OH is 1. The van der Waals surface area contributed by atoms with Crippen molar-refractivity contribution in [1.29, 1.82) is 0 Å². The Kier molecular flexibility index (Phi) is 5.55. The van der Waals surface area contributed by atoms with Gasteiger partial charge in [0, 0.05) is 12.2 Å². The van der Waals surface area contributed by atoms with Gasteiger partial charge in [0.2, 0.25) is 0 Å². The number of hydrogen-bond acceptors (Lipinski definition) is 5. The molecule has 3 heterocycles. The molecule has 1 aromatic carbocycles. The van der Waals surface area contributed by atoms with Crippen molar-refractivity contribution in [3.63, 3.8) is 0 Å². The number of para-hydroxylation sites is 1. The lowest BCUT2D eigenvalue weighted by atomic mass is 9.94. The third-order valence-corrected chi connectivity index (χ3v) is 4.98. The van der Waals surface area contributed by atoms with E-state index < -0.39 is 11.7 Å². The average molecular weight is 369 g/mol. The second-order valence-electron chi connectivity index (χ2n) is 6.61. The minimum atomic E-state index is -1.08. The van der Waals surface area contributed by atoms with Crippen molar-refractivity contribution in [2.75, 3.05) is 6.54 Å². The van der Waals surface area contributed by atoms with Gasteiger partial charge in [-0.05, 0) is 43.7 Å². The summed E-state index contributed by atoms with van der Waals surface area (Å²) < 4.78 is 1.45. The molecule has 2 unspecified atom stereocenters. The summed E-state index contributed by atoms with van der Waals surface area (Å²) in [4.78, 5) is 17.6. The van der Waals surface area contributed by atoms with Crippen LogP contribution in [0.2, 0.25) is 0 Å². The molecule has 3 aromatic rings. The van der Waals surface area contributed by atoms with Crippen molar-refractivity contribution in [2.24, 2.45) is 0 Å². The molecule has 27 heavy (non-hydrogen) atoms. The van der Waals surface area contributed by atoms with Crippen molar-refractivity contribution < 1.29 is 15.7 Å². The Morgan fingerprint density at radius 1 is 1.15 bits per heavy atom. The molecule has 1 saturated heterocycles. The molecule has 1 aliphatic heterocycles. The molecule has 2 aromatic heterocycles. The van der Waals surface area contributed by atoms with E-state index in [0.29, 0.717) is 16.7 Å². The van der Waals surface area contributed by atoms with E-state index in [0.717, 1.165) is 25.8 Å². The van der Waals surface area contributed by atoms with E-state index in [1.165, 1.54) is 4.57 Å². The Morgan fingerprint density at radius 3 is 2.63 bits per heavy atom. The summed E-state index contributed by atoms with van der Waals surface area (Å²) in [6.45, 7) is 0.796. The van der Waals surface area contributed by atoms with Gasteiger partial charge in [0.1, 0.15) is 11.9 Å². The van der Waals surface area contributed by atoms with Gasteiger partial charge in [-0.1, -0.05) is 24.6 Å². The van der Waals surface area contributed by atoms with Gasteiger partial charge in [-0.15, -0.1) is 0 Å². The van der Waals surface area contributed by atoms with Gasteiger partial charge in [-0.25, -0.2) is 4.98 Å². The molecule has 142 valence electrons. The van der Waals surface area contributed by atoms with E-state index in [-0.39, 0.29) is 22.8 Å². The Balaban J connectivity index is 0.00000210. The summed E-state index contributed by atoms with van der Waals surface area (Å²) in [6, 6.07) is 12.3. The minimum absolute atomic E-state index is 0. The molecular weight excluding hydrogens is 346 g/mol. The zero-order valence-electron chi connectivity index (χ0n) is 14.8. The molecule has 2 atom stereocenters. The van der Waals surface area contributed by atoms with Crippen LogP contribution in [0.4, 0.5) is 0 Å². The van der Waals surface area contributed by atoms with Crippen molar-refractivity contribution >= 4 is 11.0 Å². The van der Waals surface area contributed by atoms with Crippen LogP contribution in [0.1, 0.15) is 30.9 Å². The molecule has 0 spiro atoms. The predicted molar refractivity (Wildman–Crippen MR) is 103 cm³/mol.